The molecule has 5 heteroatoms. The van der Waals surface area contributed by atoms with Crippen molar-refractivity contribution in [2.24, 2.45) is 0 Å². The smallest absolute Gasteiger partial charge is 0.137 e. The predicted molar refractivity (Wildman–Crippen MR) is 65.5 cm³/mol. The first kappa shape index (κ1) is 12.7. The number of aromatic nitrogens is 2. The number of nitrogens with zero attached hydrogens (tertiary/aromatic N) is 3. The first-order valence-corrected chi connectivity index (χ1v) is 5.47. The molecule has 1 aromatic rings. The lowest BCUT2D eigenvalue weighted by Gasteiger charge is -2.26. The van der Waals surface area contributed by atoms with Crippen LogP contribution in [0.2, 0.25) is 0 Å². The van der Waals surface area contributed by atoms with Crippen LogP contribution in [0, 0.1) is 6.92 Å². The molecule has 0 amide bonds. The van der Waals surface area contributed by atoms with Crippen molar-refractivity contribution in [1.29, 1.82) is 0 Å². The number of rotatable bonds is 4. The number of likely N-dealkylation sites (N-methyl/N-ethyl adjacent to an activating group) is 1. The first-order valence-electron chi connectivity index (χ1n) is 5.47. The van der Waals surface area contributed by atoms with Crippen LogP contribution in [0.1, 0.15) is 25.2 Å². The Hall–Kier alpha value is -1.36. The standard InChI is InChI=1S/C11H20N4O/c1-5-9-13-10(12)8(3)11(14-9)15(4)7(2)6-16/h7,16H,5-6H2,1-4H3,(H2,12,13,14). The minimum Gasteiger partial charge on any atom is -0.394 e. The molecule has 5 nitrogen and oxygen atoms in total. The van der Waals surface area contributed by atoms with E-state index in [0.717, 1.165) is 23.6 Å². The van der Waals surface area contributed by atoms with Crippen LogP contribution in [0.5, 0.6) is 0 Å². The summed E-state index contributed by atoms with van der Waals surface area (Å²) < 4.78 is 0. The maximum atomic E-state index is 9.14. The van der Waals surface area contributed by atoms with Crippen LogP contribution in [0.25, 0.3) is 0 Å². The highest BCUT2D eigenvalue weighted by Crippen LogP contribution is 2.22. The molecule has 0 aliphatic rings. The molecule has 0 spiro atoms. The first-order chi connectivity index (χ1) is 7.51. The molecule has 0 aromatic carbocycles. The molecule has 0 bridgehead atoms. The number of aryl methyl sites for hydroxylation is 1. The normalized spacial score (nSPS) is 12.6. The van der Waals surface area contributed by atoms with E-state index in [2.05, 4.69) is 9.97 Å². The zero-order chi connectivity index (χ0) is 12.3. The van der Waals surface area contributed by atoms with Crippen molar-refractivity contribution in [2.45, 2.75) is 33.2 Å². The second-order valence-corrected chi connectivity index (χ2v) is 3.97. The van der Waals surface area contributed by atoms with E-state index in [1.165, 1.54) is 0 Å². The van der Waals surface area contributed by atoms with Gasteiger partial charge in [-0.1, -0.05) is 6.92 Å². The highest BCUT2D eigenvalue weighted by atomic mass is 16.3. The Labute approximate surface area is 96.3 Å². The van der Waals surface area contributed by atoms with Crippen LogP contribution < -0.4 is 10.6 Å². The predicted octanol–water partition coefficient (Wildman–Crippen LogP) is 0.747. The summed E-state index contributed by atoms with van der Waals surface area (Å²) in [6.45, 7) is 5.90. The minimum absolute atomic E-state index is 0.0118. The monoisotopic (exact) mass is 224 g/mol. The molecule has 0 saturated heterocycles. The average molecular weight is 224 g/mol. The molecule has 3 N–H and O–H groups in total. The van der Waals surface area contributed by atoms with Gasteiger partial charge < -0.3 is 15.7 Å². The summed E-state index contributed by atoms with van der Waals surface area (Å²) in [7, 11) is 1.90. The van der Waals surface area contributed by atoms with Crippen molar-refractivity contribution in [3.05, 3.63) is 11.4 Å². The van der Waals surface area contributed by atoms with Gasteiger partial charge in [0.15, 0.2) is 0 Å². The second-order valence-electron chi connectivity index (χ2n) is 3.97. The largest absolute Gasteiger partial charge is 0.394 e. The van der Waals surface area contributed by atoms with Crippen molar-refractivity contribution in [3.63, 3.8) is 0 Å². The zero-order valence-corrected chi connectivity index (χ0v) is 10.4. The molecule has 1 rings (SSSR count). The van der Waals surface area contributed by atoms with Gasteiger partial charge in [-0.2, -0.15) is 0 Å². The third kappa shape index (κ3) is 2.41. The summed E-state index contributed by atoms with van der Waals surface area (Å²) in [6, 6.07) is 0.0118. The van der Waals surface area contributed by atoms with E-state index in [1.54, 1.807) is 0 Å². The van der Waals surface area contributed by atoms with Gasteiger partial charge in [-0.15, -0.1) is 0 Å². The number of anilines is 2. The van der Waals surface area contributed by atoms with Gasteiger partial charge in [-0.05, 0) is 13.8 Å². The van der Waals surface area contributed by atoms with Crippen LogP contribution in [0.4, 0.5) is 11.6 Å². The molecular formula is C11H20N4O. The molecule has 0 fully saturated rings. The summed E-state index contributed by atoms with van der Waals surface area (Å²) >= 11 is 0. The van der Waals surface area contributed by atoms with Crippen LogP contribution in [0.3, 0.4) is 0 Å². The van der Waals surface area contributed by atoms with Crippen molar-refractivity contribution < 1.29 is 5.11 Å². The highest BCUT2D eigenvalue weighted by Gasteiger charge is 2.15. The lowest BCUT2D eigenvalue weighted by molar-refractivity contribution is 0.269. The van der Waals surface area contributed by atoms with Crippen molar-refractivity contribution in [3.8, 4) is 0 Å². The number of nitrogen functional groups attached to an aromatic ring is 1. The van der Waals surface area contributed by atoms with Gasteiger partial charge in [0.2, 0.25) is 0 Å². The number of hydrogen-bond acceptors (Lipinski definition) is 5. The SMILES string of the molecule is CCc1nc(N)c(C)c(N(C)C(C)CO)n1. The molecule has 1 atom stereocenters. The maximum Gasteiger partial charge on any atom is 0.137 e. The van der Waals surface area contributed by atoms with Gasteiger partial charge in [-0.25, -0.2) is 9.97 Å². The molecule has 1 heterocycles. The molecule has 0 saturated carbocycles. The number of aliphatic hydroxyl groups is 1. The van der Waals surface area contributed by atoms with E-state index in [4.69, 9.17) is 10.8 Å². The van der Waals surface area contributed by atoms with Crippen molar-refractivity contribution >= 4 is 11.6 Å². The van der Waals surface area contributed by atoms with E-state index in [1.807, 2.05) is 32.7 Å². The number of aliphatic hydroxyl groups excluding tert-OH is 1. The van der Waals surface area contributed by atoms with Crippen molar-refractivity contribution in [1.82, 2.24) is 9.97 Å². The van der Waals surface area contributed by atoms with E-state index >= 15 is 0 Å². The second kappa shape index (κ2) is 5.12. The molecule has 1 aromatic heterocycles. The summed E-state index contributed by atoms with van der Waals surface area (Å²) in [5, 5.41) is 9.14. The van der Waals surface area contributed by atoms with Gasteiger partial charge in [0, 0.05) is 19.0 Å². The Morgan fingerprint density at radius 1 is 1.44 bits per heavy atom. The summed E-state index contributed by atoms with van der Waals surface area (Å²) in [4.78, 5) is 10.6. The lowest BCUT2D eigenvalue weighted by Crippen LogP contribution is -2.33. The lowest BCUT2D eigenvalue weighted by atomic mass is 10.2. The van der Waals surface area contributed by atoms with Gasteiger partial charge >= 0.3 is 0 Å². The Kier molecular flexibility index (Phi) is 4.06. The molecule has 0 aliphatic heterocycles. The fourth-order valence-electron chi connectivity index (χ4n) is 1.40. The average Bonchev–Trinajstić information content (AvgIpc) is 2.30. The van der Waals surface area contributed by atoms with Crippen LogP contribution in [-0.4, -0.2) is 34.8 Å². The summed E-state index contributed by atoms with van der Waals surface area (Å²) in [6.07, 6.45) is 0.749. The zero-order valence-electron chi connectivity index (χ0n) is 10.4. The summed E-state index contributed by atoms with van der Waals surface area (Å²) in [5.74, 6) is 2.04. The molecule has 16 heavy (non-hydrogen) atoms. The van der Waals surface area contributed by atoms with E-state index in [-0.39, 0.29) is 12.6 Å². The Bertz CT molecular complexity index is 367. The van der Waals surface area contributed by atoms with Gasteiger partial charge in [0.05, 0.1) is 12.6 Å². The molecule has 90 valence electrons. The minimum atomic E-state index is 0.0118. The van der Waals surface area contributed by atoms with Crippen molar-refractivity contribution in [2.75, 3.05) is 24.3 Å². The fraction of sp³-hybridized carbons (Fsp3) is 0.636. The van der Waals surface area contributed by atoms with E-state index in [9.17, 15) is 0 Å². The van der Waals surface area contributed by atoms with E-state index in [0.29, 0.717) is 5.82 Å². The summed E-state index contributed by atoms with van der Waals surface area (Å²) in [5.41, 5.74) is 6.70. The quantitative estimate of drug-likeness (QED) is 0.789. The molecule has 0 aliphatic carbocycles. The topological polar surface area (TPSA) is 75.3 Å². The number of hydrogen-bond donors (Lipinski definition) is 2. The van der Waals surface area contributed by atoms with Crippen LogP contribution in [-0.2, 0) is 6.42 Å². The number of nitrogens with two attached hydrogens (primary N) is 1. The third-order valence-electron chi connectivity index (χ3n) is 2.78. The maximum absolute atomic E-state index is 9.14. The fourth-order valence-corrected chi connectivity index (χ4v) is 1.40. The van der Waals surface area contributed by atoms with Gasteiger partial charge in [0.1, 0.15) is 17.5 Å². The molecular weight excluding hydrogens is 204 g/mol. The van der Waals surface area contributed by atoms with E-state index < -0.39 is 0 Å². The molecule has 1 unspecified atom stereocenters. The Morgan fingerprint density at radius 2 is 2.06 bits per heavy atom. The Balaban J connectivity index is 3.16. The van der Waals surface area contributed by atoms with Gasteiger partial charge in [-0.3, -0.25) is 0 Å². The molecule has 0 radical (unpaired) electrons. The Morgan fingerprint density at radius 3 is 2.56 bits per heavy atom. The van der Waals surface area contributed by atoms with Crippen LogP contribution in [0.15, 0.2) is 0 Å². The highest BCUT2D eigenvalue weighted by molar-refractivity contribution is 5.56. The van der Waals surface area contributed by atoms with Crippen LogP contribution >= 0.6 is 0 Å². The van der Waals surface area contributed by atoms with Gasteiger partial charge in [0.25, 0.3) is 0 Å². The third-order valence-corrected chi connectivity index (χ3v) is 2.78.